The number of ketones is 2. The third kappa shape index (κ3) is 2.09. The first kappa shape index (κ1) is 10.8. The Hall–Kier alpha value is -1.75. The maximum Gasteiger partial charge on any atom is 0.180 e. The molecule has 4 nitrogen and oxygen atoms in total. The summed E-state index contributed by atoms with van der Waals surface area (Å²) >= 11 is 1.31. The van der Waals surface area contributed by atoms with Crippen LogP contribution in [0.15, 0.2) is 23.4 Å². The van der Waals surface area contributed by atoms with E-state index in [-0.39, 0.29) is 18.0 Å². The molecule has 1 aliphatic carbocycles. The molecule has 2 rings (SSSR count). The Balaban J connectivity index is 2.37. The largest absolute Gasteiger partial charge is 0.375 e. The van der Waals surface area contributed by atoms with E-state index in [4.69, 9.17) is 5.73 Å². The Morgan fingerprint density at radius 3 is 2.81 bits per heavy atom. The summed E-state index contributed by atoms with van der Waals surface area (Å²) in [4.78, 5) is 27.6. The molecule has 2 N–H and O–H groups in total. The second kappa shape index (κ2) is 4.02. The Morgan fingerprint density at radius 1 is 1.44 bits per heavy atom. The first-order valence-corrected chi connectivity index (χ1v) is 5.55. The van der Waals surface area contributed by atoms with Crippen LogP contribution in [0.1, 0.15) is 18.2 Å². The standard InChI is InChI=1S/C11H10N2O2S/c1-6-2-7(10(15)4-9(6)14)3-8-5-13-11(12)16-8/h2-3,5H,4H2,1H3,(H2,12,13)/b7-3-. The van der Waals surface area contributed by atoms with E-state index in [9.17, 15) is 9.59 Å². The number of Topliss-reactive ketones (excluding diaryl/α,β-unsaturated/α-hetero) is 2. The van der Waals surface area contributed by atoms with Crippen molar-refractivity contribution in [3.05, 3.63) is 28.3 Å². The lowest BCUT2D eigenvalue weighted by Crippen LogP contribution is -2.15. The number of nitrogens with zero attached hydrogens (tertiary/aromatic N) is 1. The number of nitrogen functional groups attached to an aromatic ring is 1. The first-order valence-electron chi connectivity index (χ1n) is 4.74. The van der Waals surface area contributed by atoms with Crippen molar-refractivity contribution < 1.29 is 9.59 Å². The molecule has 0 unspecified atom stereocenters. The molecule has 0 aromatic carbocycles. The number of allylic oxidation sites excluding steroid dienone is 3. The zero-order chi connectivity index (χ0) is 11.7. The van der Waals surface area contributed by atoms with Gasteiger partial charge in [-0.05, 0) is 24.6 Å². The molecule has 0 bridgehead atoms. The second-order valence-electron chi connectivity index (χ2n) is 3.55. The molecule has 1 heterocycles. The third-order valence-corrected chi connectivity index (χ3v) is 3.07. The van der Waals surface area contributed by atoms with E-state index in [0.717, 1.165) is 4.88 Å². The summed E-state index contributed by atoms with van der Waals surface area (Å²) in [5.74, 6) is -0.256. The third-order valence-electron chi connectivity index (χ3n) is 2.29. The maximum atomic E-state index is 11.6. The van der Waals surface area contributed by atoms with Crippen LogP contribution in [0.2, 0.25) is 0 Å². The molecule has 0 aliphatic heterocycles. The van der Waals surface area contributed by atoms with Gasteiger partial charge < -0.3 is 5.73 Å². The number of carbonyl (C=O) groups is 2. The zero-order valence-electron chi connectivity index (χ0n) is 8.69. The van der Waals surface area contributed by atoms with Crippen molar-refractivity contribution in [2.75, 3.05) is 5.73 Å². The van der Waals surface area contributed by atoms with Gasteiger partial charge in [-0.15, -0.1) is 0 Å². The van der Waals surface area contributed by atoms with Crippen LogP contribution < -0.4 is 5.73 Å². The minimum absolute atomic E-state index is 0.0392. The van der Waals surface area contributed by atoms with Crippen molar-refractivity contribution in [3.8, 4) is 0 Å². The van der Waals surface area contributed by atoms with Crippen molar-refractivity contribution in [1.29, 1.82) is 0 Å². The van der Waals surface area contributed by atoms with Gasteiger partial charge in [0, 0.05) is 16.6 Å². The molecule has 0 atom stereocenters. The number of aromatic nitrogens is 1. The van der Waals surface area contributed by atoms with E-state index < -0.39 is 0 Å². The molecule has 16 heavy (non-hydrogen) atoms. The molecule has 5 heteroatoms. The normalized spacial score (nSPS) is 19.1. The highest BCUT2D eigenvalue weighted by Crippen LogP contribution is 2.22. The van der Waals surface area contributed by atoms with Crippen molar-refractivity contribution in [2.24, 2.45) is 0 Å². The van der Waals surface area contributed by atoms with Crippen LogP contribution in [-0.2, 0) is 9.59 Å². The number of anilines is 1. The average Bonchev–Trinajstić information content (AvgIpc) is 2.60. The smallest absolute Gasteiger partial charge is 0.180 e. The van der Waals surface area contributed by atoms with Gasteiger partial charge in [-0.3, -0.25) is 9.59 Å². The summed E-state index contributed by atoms with van der Waals surface area (Å²) in [6, 6.07) is 0. The predicted octanol–water partition coefficient (Wildman–Crippen LogP) is 1.60. The van der Waals surface area contributed by atoms with E-state index in [1.807, 2.05) is 0 Å². The number of hydrogen-bond acceptors (Lipinski definition) is 5. The minimum Gasteiger partial charge on any atom is -0.375 e. The lowest BCUT2D eigenvalue weighted by Gasteiger charge is -2.09. The first-order chi connectivity index (χ1) is 7.56. The summed E-state index contributed by atoms with van der Waals surface area (Å²) in [5.41, 5.74) is 6.65. The topological polar surface area (TPSA) is 73.0 Å². The number of nitrogens with two attached hydrogens (primary N) is 1. The fraction of sp³-hybridized carbons (Fsp3) is 0.182. The molecular weight excluding hydrogens is 224 g/mol. The molecule has 0 radical (unpaired) electrons. The van der Waals surface area contributed by atoms with Gasteiger partial charge in [0.1, 0.15) is 0 Å². The van der Waals surface area contributed by atoms with E-state index >= 15 is 0 Å². The van der Waals surface area contributed by atoms with Crippen LogP contribution in [0.3, 0.4) is 0 Å². The quantitative estimate of drug-likeness (QED) is 0.591. The highest BCUT2D eigenvalue weighted by molar-refractivity contribution is 7.16. The molecule has 0 saturated heterocycles. The second-order valence-corrected chi connectivity index (χ2v) is 4.64. The van der Waals surface area contributed by atoms with Gasteiger partial charge in [-0.1, -0.05) is 11.3 Å². The molecule has 1 aromatic heterocycles. The van der Waals surface area contributed by atoms with Gasteiger partial charge >= 0.3 is 0 Å². The molecule has 1 aliphatic rings. The van der Waals surface area contributed by atoms with Crippen LogP contribution in [-0.4, -0.2) is 16.6 Å². The van der Waals surface area contributed by atoms with Gasteiger partial charge in [-0.2, -0.15) is 0 Å². The van der Waals surface area contributed by atoms with E-state index in [2.05, 4.69) is 4.98 Å². The minimum atomic E-state index is -0.150. The summed E-state index contributed by atoms with van der Waals surface area (Å²) < 4.78 is 0. The molecule has 0 saturated carbocycles. The SMILES string of the molecule is CC1=C/C(=C/c2cnc(N)s2)C(=O)CC1=O. The molecule has 0 spiro atoms. The monoisotopic (exact) mass is 234 g/mol. The van der Waals surface area contributed by atoms with E-state index in [1.165, 1.54) is 11.3 Å². The number of carbonyl (C=O) groups excluding carboxylic acids is 2. The van der Waals surface area contributed by atoms with E-state index in [0.29, 0.717) is 16.3 Å². The van der Waals surface area contributed by atoms with Gasteiger partial charge in [0.25, 0.3) is 0 Å². The Bertz CT molecular complexity index is 526. The molecular formula is C11H10N2O2S. The van der Waals surface area contributed by atoms with Crippen molar-refractivity contribution >= 4 is 34.1 Å². The Morgan fingerprint density at radius 2 is 2.19 bits per heavy atom. The Kier molecular flexibility index (Phi) is 2.70. The van der Waals surface area contributed by atoms with Crippen LogP contribution in [0.25, 0.3) is 6.08 Å². The average molecular weight is 234 g/mol. The van der Waals surface area contributed by atoms with Crippen molar-refractivity contribution in [1.82, 2.24) is 4.98 Å². The van der Waals surface area contributed by atoms with Gasteiger partial charge in [0.15, 0.2) is 16.7 Å². The van der Waals surface area contributed by atoms with Crippen molar-refractivity contribution in [3.63, 3.8) is 0 Å². The number of thiazole rings is 1. The van der Waals surface area contributed by atoms with Gasteiger partial charge in [0.2, 0.25) is 0 Å². The van der Waals surface area contributed by atoms with Gasteiger partial charge in [-0.25, -0.2) is 4.98 Å². The fourth-order valence-electron chi connectivity index (χ4n) is 1.42. The molecule has 0 amide bonds. The number of hydrogen-bond donors (Lipinski definition) is 1. The fourth-order valence-corrected chi connectivity index (χ4v) is 2.06. The zero-order valence-corrected chi connectivity index (χ0v) is 9.50. The molecule has 1 aromatic rings. The lowest BCUT2D eigenvalue weighted by atomic mass is 9.93. The summed E-state index contributed by atoms with van der Waals surface area (Å²) in [6.45, 7) is 1.71. The molecule has 82 valence electrons. The van der Waals surface area contributed by atoms with E-state index in [1.54, 1.807) is 25.3 Å². The van der Waals surface area contributed by atoms with Crippen LogP contribution in [0, 0.1) is 0 Å². The van der Waals surface area contributed by atoms with Crippen LogP contribution in [0.4, 0.5) is 5.13 Å². The predicted molar refractivity (Wildman–Crippen MR) is 62.9 cm³/mol. The number of rotatable bonds is 1. The van der Waals surface area contributed by atoms with Crippen LogP contribution in [0.5, 0.6) is 0 Å². The summed E-state index contributed by atoms with van der Waals surface area (Å²) in [6.07, 6.45) is 4.90. The lowest BCUT2D eigenvalue weighted by molar-refractivity contribution is -0.123. The highest BCUT2D eigenvalue weighted by atomic mass is 32.1. The highest BCUT2D eigenvalue weighted by Gasteiger charge is 2.20. The Labute approximate surface area is 96.5 Å². The maximum absolute atomic E-state index is 11.6. The molecule has 0 fully saturated rings. The van der Waals surface area contributed by atoms with Crippen LogP contribution >= 0.6 is 11.3 Å². The van der Waals surface area contributed by atoms with Crippen molar-refractivity contribution in [2.45, 2.75) is 13.3 Å². The summed E-state index contributed by atoms with van der Waals surface area (Å²) in [5, 5.41) is 0.465. The van der Waals surface area contributed by atoms with Gasteiger partial charge in [0.05, 0.1) is 6.42 Å². The summed E-state index contributed by atoms with van der Waals surface area (Å²) in [7, 11) is 0.